The van der Waals surface area contributed by atoms with E-state index < -0.39 is 21.7 Å². The van der Waals surface area contributed by atoms with Crippen molar-refractivity contribution < 1.29 is 18.0 Å². The summed E-state index contributed by atoms with van der Waals surface area (Å²) in [5, 5.41) is 2.38. The minimum Gasteiger partial charge on any atom is -0.318 e. The van der Waals surface area contributed by atoms with E-state index in [9.17, 15) is 18.0 Å². The van der Waals surface area contributed by atoms with E-state index in [0.29, 0.717) is 18.2 Å². The van der Waals surface area contributed by atoms with Gasteiger partial charge in [0.25, 0.3) is 11.7 Å². The van der Waals surface area contributed by atoms with Crippen LogP contribution in [0.5, 0.6) is 0 Å². The molecule has 0 aliphatic carbocycles. The monoisotopic (exact) mass is 296 g/mol. The molecule has 1 amide bonds. The van der Waals surface area contributed by atoms with E-state index in [0.717, 1.165) is 6.42 Å². The van der Waals surface area contributed by atoms with Crippen LogP contribution >= 0.6 is 0 Å². The number of anilines is 1. The van der Waals surface area contributed by atoms with Gasteiger partial charge in [0, 0.05) is 6.54 Å². The maximum atomic E-state index is 12.1. The number of hydrogen-bond acceptors (Lipinski definition) is 4. The molecule has 0 atom stereocenters. The molecule has 108 valence electrons. The highest BCUT2D eigenvalue weighted by atomic mass is 32.2. The summed E-state index contributed by atoms with van der Waals surface area (Å²) in [6.45, 7) is 4.33. The van der Waals surface area contributed by atoms with Gasteiger partial charge in [0.05, 0.1) is 16.1 Å². The largest absolute Gasteiger partial charge is 0.318 e. The third kappa shape index (κ3) is 2.88. The molecule has 0 saturated heterocycles. The van der Waals surface area contributed by atoms with Gasteiger partial charge in [0.2, 0.25) is 10.0 Å². The first-order chi connectivity index (χ1) is 9.31. The van der Waals surface area contributed by atoms with Crippen molar-refractivity contribution in [1.29, 1.82) is 0 Å². The summed E-state index contributed by atoms with van der Waals surface area (Å²) in [7, 11) is -3.66. The minimum absolute atomic E-state index is 0.00939. The topological polar surface area (TPSA) is 92.3 Å². The van der Waals surface area contributed by atoms with Gasteiger partial charge in [-0.2, -0.15) is 0 Å². The SMILES string of the molecule is CC(C)CCNS(=O)(=O)c1ccc2c(c1)C(=O)C(=O)N2. The molecule has 1 heterocycles. The lowest BCUT2D eigenvalue weighted by molar-refractivity contribution is -0.112. The molecule has 1 aliphatic heterocycles. The Hall–Kier alpha value is -1.73. The average molecular weight is 296 g/mol. The molecule has 0 spiro atoms. The number of amides is 1. The number of Topliss-reactive ketones (excluding diaryl/α,β-unsaturated/α-hetero) is 1. The number of rotatable bonds is 5. The smallest absolute Gasteiger partial charge is 0.296 e. The lowest BCUT2D eigenvalue weighted by Crippen LogP contribution is -2.25. The van der Waals surface area contributed by atoms with Crippen LogP contribution in [0.15, 0.2) is 23.1 Å². The molecule has 0 fully saturated rings. The van der Waals surface area contributed by atoms with Gasteiger partial charge in [-0.3, -0.25) is 9.59 Å². The summed E-state index contributed by atoms with van der Waals surface area (Å²) in [4.78, 5) is 22.8. The molecule has 0 unspecified atom stereocenters. The molecule has 2 rings (SSSR count). The Morgan fingerprint density at radius 1 is 1.25 bits per heavy atom. The lowest BCUT2D eigenvalue weighted by Gasteiger charge is -2.09. The van der Waals surface area contributed by atoms with Gasteiger partial charge in [0.1, 0.15) is 0 Å². The van der Waals surface area contributed by atoms with Crippen LogP contribution in [0.25, 0.3) is 0 Å². The van der Waals surface area contributed by atoms with Crippen LogP contribution in [0.2, 0.25) is 0 Å². The van der Waals surface area contributed by atoms with Crippen molar-refractivity contribution in [3.63, 3.8) is 0 Å². The quantitative estimate of drug-likeness (QED) is 0.797. The Bertz CT molecular complexity index is 665. The Morgan fingerprint density at radius 3 is 2.60 bits per heavy atom. The van der Waals surface area contributed by atoms with Gasteiger partial charge in [0.15, 0.2) is 0 Å². The van der Waals surface area contributed by atoms with Gasteiger partial charge in [-0.1, -0.05) is 13.8 Å². The van der Waals surface area contributed by atoms with Gasteiger partial charge >= 0.3 is 0 Å². The van der Waals surface area contributed by atoms with E-state index in [4.69, 9.17) is 0 Å². The van der Waals surface area contributed by atoms with Crippen molar-refractivity contribution in [1.82, 2.24) is 4.72 Å². The molecule has 1 aromatic rings. The third-order valence-electron chi connectivity index (χ3n) is 3.01. The van der Waals surface area contributed by atoms with Crippen molar-refractivity contribution in [2.45, 2.75) is 25.2 Å². The second-order valence-electron chi connectivity index (χ2n) is 5.07. The van der Waals surface area contributed by atoms with Gasteiger partial charge in [-0.05, 0) is 30.5 Å². The minimum atomic E-state index is -3.66. The molecule has 1 aromatic carbocycles. The highest BCUT2D eigenvalue weighted by molar-refractivity contribution is 7.89. The molecule has 1 aliphatic rings. The number of carbonyl (C=O) groups excluding carboxylic acids is 2. The summed E-state index contributed by atoms with van der Waals surface area (Å²) in [6.07, 6.45) is 0.725. The standard InChI is InChI=1S/C13H16N2O4S/c1-8(2)5-6-14-20(18,19)9-3-4-11-10(7-9)12(16)13(17)15-11/h3-4,7-8,14H,5-6H2,1-2H3,(H,15,16,17). The highest BCUT2D eigenvalue weighted by Crippen LogP contribution is 2.25. The fourth-order valence-electron chi connectivity index (χ4n) is 1.85. The highest BCUT2D eigenvalue weighted by Gasteiger charge is 2.29. The zero-order chi connectivity index (χ0) is 14.9. The summed E-state index contributed by atoms with van der Waals surface area (Å²) in [5.74, 6) is -1.05. The Labute approximate surface area is 117 Å². The van der Waals surface area contributed by atoms with Crippen molar-refractivity contribution in [3.8, 4) is 0 Å². The zero-order valence-electron chi connectivity index (χ0n) is 11.3. The number of carbonyl (C=O) groups is 2. The van der Waals surface area contributed by atoms with Crippen LogP contribution < -0.4 is 10.0 Å². The number of nitrogens with one attached hydrogen (secondary N) is 2. The van der Waals surface area contributed by atoms with Crippen LogP contribution in [-0.2, 0) is 14.8 Å². The number of sulfonamides is 1. The number of benzene rings is 1. The van der Waals surface area contributed by atoms with Crippen LogP contribution in [0.4, 0.5) is 5.69 Å². The molecular formula is C13H16N2O4S. The van der Waals surface area contributed by atoms with E-state index >= 15 is 0 Å². The molecule has 6 nitrogen and oxygen atoms in total. The molecule has 0 bridgehead atoms. The third-order valence-corrected chi connectivity index (χ3v) is 4.47. The summed E-state index contributed by atoms with van der Waals surface area (Å²) >= 11 is 0. The first-order valence-corrected chi connectivity index (χ1v) is 7.79. The van der Waals surface area contributed by atoms with Gasteiger partial charge < -0.3 is 5.32 Å². The Morgan fingerprint density at radius 2 is 1.95 bits per heavy atom. The Kier molecular flexibility index (Phi) is 3.92. The first-order valence-electron chi connectivity index (χ1n) is 6.30. The summed E-state index contributed by atoms with van der Waals surface area (Å²) in [5.41, 5.74) is 0.447. The number of ketones is 1. The van der Waals surface area contributed by atoms with E-state index in [2.05, 4.69) is 10.0 Å². The molecule has 2 N–H and O–H groups in total. The van der Waals surface area contributed by atoms with Crippen LogP contribution in [-0.4, -0.2) is 26.7 Å². The van der Waals surface area contributed by atoms with E-state index in [-0.39, 0.29) is 10.5 Å². The lowest BCUT2D eigenvalue weighted by atomic mass is 10.1. The summed E-state index contributed by atoms with van der Waals surface area (Å²) in [6, 6.07) is 4.03. The predicted octanol–water partition coefficient (Wildman–Crippen LogP) is 1.15. The summed E-state index contributed by atoms with van der Waals surface area (Å²) < 4.78 is 26.6. The number of hydrogen-bond donors (Lipinski definition) is 2. The first kappa shape index (κ1) is 14.7. The molecule has 7 heteroatoms. The molecule has 0 aromatic heterocycles. The fraction of sp³-hybridized carbons (Fsp3) is 0.385. The fourth-order valence-corrected chi connectivity index (χ4v) is 2.93. The second kappa shape index (κ2) is 5.34. The van der Waals surface area contributed by atoms with E-state index in [1.807, 2.05) is 13.8 Å². The van der Waals surface area contributed by atoms with Crippen LogP contribution in [0, 0.1) is 5.92 Å². The zero-order valence-corrected chi connectivity index (χ0v) is 12.1. The second-order valence-corrected chi connectivity index (χ2v) is 6.84. The molecule has 0 radical (unpaired) electrons. The van der Waals surface area contributed by atoms with Gasteiger partial charge in [-0.15, -0.1) is 0 Å². The van der Waals surface area contributed by atoms with Crippen molar-refractivity contribution in [2.75, 3.05) is 11.9 Å². The molecular weight excluding hydrogens is 280 g/mol. The molecule has 20 heavy (non-hydrogen) atoms. The maximum absolute atomic E-state index is 12.1. The normalized spacial score (nSPS) is 14.6. The van der Waals surface area contributed by atoms with Gasteiger partial charge in [-0.25, -0.2) is 13.1 Å². The van der Waals surface area contributed by atoms with Crippen molar-refractivity contribution in [3.05, 3.63) is 23.8 Å². The number of fused-ring (bicyclic) bond motifs is 1. The van der Waals surface area contributed by atoms with Crippen molar-refractivity contribution in [2.24, 2.45) is 5.92 Å². The van der Waals surface area contributed by atoms with Crippen molar-refractivity contribution >= 4 is 27.4 Å². The molecule has 0 saturated carbocycles. The predicted molar refractivity (Wildman–Crippen MR) is 74.0 cm³/mol. The maximum Gasteiger partial charge on any atom is 0.296 e. The van der Waals surface area contributed by atoms with E-state index in [1.165, 1.54) is 18.2 Å². The van der Waals surface area contributed by atoms with E-state index in [1.54, 1.807) is 0 Å². The Balaban J connectivity index is 2.22. The average Bonchev–Trinajstić information content (AvgIpc) is 2.64. The van der Waals surface area contributed by atoms with Crippen LogP contribution in [0.3, 0.4) is 0 Å². The van der Waals surface area contributed by atoms with Crippen LogP contribution in [0.1, 0.15) is 30.6 Å².